The molecule has 0 aromatic heterocycles. The molecule has 2 aromatic rings. The van der Waals surface area contributed by atoms with E-state index in [2.05, 4.69) is 0 Å². The summed E-state index contributed by atoms with van der Waals surface area (Å²) in [5.41, 5.74) is 8.63. The van der Waals surface area contributed by atoms with Gasteiger partial charge in [-0.15, -0.1) is 24.2 Å². The van der Waals surface area contributed by atoms with Gasteiger partial charge in [-0.2, -0.15) is 0 Å². The maximum Gasteiger partial charge on any atom is 0.353 e. The summed E-state index contributed by atoms with van der Waals surface area (Å²) in [7, 11) is 0. The van der Waals surface area contributed by atoms with Gasteiger partial charge in [-0.3, -0.25) is 9.69 Å². The van der Waals surface area contributed by atoms with E-state index in [1.165, 1.54) is 16.7 Å². The molecule has 2 aliphatic heterocycles. The summed E-state index contributed by atoms with van der Waals surface area (Å²) in [6, 6.07) is 18.9. The van der Waals surface area contributed by atoms with E-state index in [9.17, 15) is 14.7 Å². The van der Waals surface area contributed by atoms with Crippen molar-refractivity contribution in [2.45, 2.75) is 29.5 Å². The van der Waals surface area contributed by atoms with E-state index >= 15 is 0 Å². The van der Waals surface area contributed by atoms with E-state index in [1.54, 1.807) is 0 Å². The number of carboxylic acids is 1. The lowest BCUT2D eigenvalue weighted by atomic mass is 9.81. The molecule has 0 aliphatic carbocycles. The summed E-state index contributed by atoms with van der Waals surface area (Å²) < 4.78 is -0.790. The summed E-state index contributed by atoms with van der Waals surface area (Å²) in [6.07, 6.45) is 4.53. The van der Waals surface area contributed by atoms with Gasteiger partial charge in [-0.05, 0) is 17.5 Å². The van der Waals surface area contributed by atoms with Crippen LogP contribution in [0.25, 0.3) is 0 Å². The first-order valence-corrected chi connectivity index (χ1v) is 10.4. The zero-order chi connectivity index (χ0) is 20.6. The number of β-lactam (4-membered cyclic amide) rings is 1. The van der Waals surface area contributed by atoms with Crippen molar-refractivity contribution in [3.05, 3.63) is 95.2 Å². The first kappa shape index (κ1) is 22.2. The standard InChI is InChI=1S/C23H22N2O3S.ClH/c1-2-3-14-17-19(22(27)28)25-20(26)18(24)21(25)29-23(17,15-10-6-4-7-11-15)16-12-8-5-9-13-16;/h3-14,18,21H,2,24H2,1H3,(H,27,28);1H/b14-3-;/t18?,21-;/m1./s1. The van der Waals surface area contributed by atoms with E-state index in [1.807, 2.05) is 79.7 Å². The van der Waals surface area contributed by atoms with E-state index in [0.717, 1.165) is 17.5 Å². The molecule has 156 valence electrons. The zero-order valence-corrected chi connectivity index (χ0v) is 18.0. The number of nitrogens with zero attached hydrogens (tertiary/aromatic N) is 1. The molecule has 0 radical (unpaired) electrons. The highest BCUT2D eigenvalue weighted by molar-refractivity contribution is 8.01. The fourth-order valence-electron chi connectivity index (χ4n) is 4.00. The average molecular weight is 443 g/mol. The predicted molar refractivity (Wildman–Crippen MR) is 121 cm³/mol. The highest BCUT2D eigenvalue weighted by Crippen LogP contribution is 2.58. The first-order chi connectivity index (χ1) is 14.0. The largest absolute Gasteiger partial charge is 0.477 e. The molecule has 7 heteroatoms. The van der Waals surface area contributed by atoms with Crippen molar-refractivity contribution in [1.82, 2.24) is 4.90 Å². The van der Waals surface area contributed by atoms with Crippen LogP contribution in [-0.4, -0.2) is 33.3 Å². The minimum Gasteiger partial charge on any atom is -0.477 e. The molecule has 0 bridgehead atoms. The third-order valence-electron chi connectivity index (χ3n) is 5.34. The Morgan fingerprint density at radius 3 is 2.13 bits per heavy atom. The zero-order valence-electron chi connectivity index (χ0n) is 16.4. The molecule has 2 aromatic carbocycles. The summed E-state index contributed by atoms with van der Waals surface area (Å²) in [4.78, 5) is 26.2. The highest BCUT2D eigenvalue weighted by Gasteiger charge is 2.59. The van der Waals surface area contributed by atoms with Crippen molar-refractivity contribution in [3.8, 4) is 0 Å². The van der Waals surface area contributed by atoms with Gasteiger partial charge in [0.25, 0.3) is 0 Å². The fraction of sp³-hybridized carbons (Fsp3) is 0.217. The average Bonchev–Trinajstić information content (AvgIpc) is 2.77. The molecule has 2 aliphatic rings. The molecule has 0 saturated carbocycles. The molecular formula is C23H23ClN2O3S. The number of thioether (sulfide) groups is 1. The van der Waals surface area contributed by atoms with Crippen molar-refractivity contribution in [3.63, 3.8) is 0 Å². The lowest BCUT2D eigenvalue weighted by Gasteiger charge is -2.54. The van der Waals surface area contributed by atoms with E-state index in [0.29, 0.717) is 5.57 Å². The number of nitrogens with two attached hydrogens (primary N) is 1. The first-order valence-electron chi connectivity index (χ1n) is 9.54. The lowest BCUT2D eigenvalue weighted by Crippen LogP contribution is -2.70. The van der Waals surface area contributed by atoms with Crippen LogP contribution in [0.1, 0.15) is 24.5 Å². The Kier molecular flexibility index (Phi) is 6.41. The topological polar surface area (TPSA) is 83.6 Å². The molecule has 5 nitrogen and oxygen atoms in total. The Hall–Kier alpha value is -2.54. The number of halogens is 1. The van der Waals surface area contributed by atoms with Gasteiger partial charge >= 0.3 is 5.97 Å². The monoisotopic (exact) mass is 442 g/mol. The van der Waals surface area contributed by atoms with Gasteiger partial charge in [0.1, 0.15) is 17.1 Å². The third-order valence-corrected chi connectivity index (χ3v) is 7.13. The van der Waals surface area contributed by atoms with Crippen LogP contribution < -0.4 is 5.73 Å². The van der Waals surface area contributed by atoms with Crippen LogP contribution in [0, 0.1) is 0 Å². The summed E-state index contributed by atoms with van der Waals surface area (Å²) in [5.74, 6) is -1.47. The number of rotatable bonds is 5. The minimum absolute atomic E-state index is 0. The van der Waals surface area contributed by atoms with E-state index < -0.39 is 22.1 Å². The van der Waals surface area contributed by atoms with Crippen molar-refractivity contribution < 1.29 is 14.7 Å². The molecule has 1 unspecified atom stereocenters. The normalized spacial score (nSPS) is 22.3. The third kappa shape index (κ3) is 3.25. The Morgan fingerprint density at radius 2 is 1.67 bits per heavy atom. The van der Waals surface area contributed by atoms with Gasteiger partial charge in [-0.25, -0.2) is 4.79 Å². The molecule has 4 rings (SSSR count). The van der Waals surface area contributed by atoms with Crippen molar-refractivity contribution in [2.24, 2.45) is 5.73 Å². The summed E-state index contributed by atoms with van der Waals surface area (Å²) >= 11 is 1.53. The molecule has 2 heterocycles. The van der Waals surface area contributed by atoms with Gasteiger partial charge < -0.3 is 10.8 Å². The number of benzene rings is 2. The quantitative estimate of drug-likeness (QED) is 0.686. The molecule has 3 N–H and O–H groups in total. The van der Waals surface area contributed by atoms with Crippen molar-refractivity contribution in [2.75, 3.05) is 0 Å². The van der Waals surface area contributed by atoms with Gasteiger partial charge in [0.2, 0.25) is 5.91 Å². The molecule has 1 saturated heterocycles. The second-order valence-electron chi connectivity index (χ2n) is 7.03. The summed E-state index contributed by atoms with van der Waals surface area (Å²) in [5, 5.41) is 9.69. The Morgan fingerprint density at radius 1 is 1.13 bits per heavy atom. The smallest absolute Gasteiger partial charge is 0.353 e. The second-order valence-corrected chi connectivity index (χ2v) is 8.36. The number of allylic oxidation sites excluding steroid dienone is 2. The number of hydrogen-bond acceptors (Lipinski definition) is 4. The van der Waals surface area contributed by atoms with Crippen molar-refractivity contribution >= 4 is 36.0 Å². The Labute approximate surface area is 186 Å². The molecule has 30 heavy (non-hydrogen) atoms. The Bertz CT molecular complexity index is 968. The van der Waals surface area contributed by atoms with Crippen LogP contribution in [0.15, 0.2) is 84.1 Å². The Balaban J connectivity index is 0.00000256. The van der Waals surface area contributed by atoms with Crippen LogP contribution in [0.5, 0.6) is 0 Å². The number of fused-ring (bicyclic) bond motifs is 1. The number of hydrogen-bond donors (Lipinski definition) is 2. The molecule has 2 atom stereocenters. The van der Waals surface area contributed by atoms with Gasteiger partial charge in [0.05, 0.1) is 4.75 Å². The minimum atomic E-state index is -1.12. The van der Waals surface area contributed by atoms with Crippen molar-refractivity contribution in [1.29, 1.82) is 0 Å². The second kappa shape index (κ2) is 8.68. The molecule has 1 amide bonds. The fourth-order valence-corrected chi connectivity index (χ4v) is 5.78. The molecule has 1 fully saturated rings. The van der Waals surface area contributed by atoms with E-state index in [-0.39, 0.29) is 24.0 Å². The molecule has 0 spiro atoms. The molecular weight excluding hydrogens is 420 g/mol. The van der Waals surface area contributed by atoms with Crippen LogP contribution in [0.2, 0.25) is 0 Å². The SMILES string of the molecule is CC/C=C\C1=C(C(=O)O)N2C(=O)C(N)[C@H]2SC1(c1ccccc1)c1ccccc1.Cl. The number of carbonyl (C=O) groups excluding carboxylic acids is 1. The highest BCUT2D eigenvalue weighted by atomic mass is 35.5. The lowest BCUT2D eigenvalue weighted by molar-refractivity contribution is -0.148. The number of carboxylic acid groups (broad SMARTS) is 1. The van der Waals surface area contributed by atoms with Crippen LogP contribution in [0.3, 0.4) is 0 Å². The number of amides is 1. The van der Waals surface area contributed by atoms with Gasteiger partial charge in [0, 0.05) is 5.57 Å². The van der Waals surface area contributed by atoms with Crippen LogP contribution in [-0.2, 0) is 14.3 Å². The summed E-state index contributed by atoms with van der Waals surface area (Å²) in [6.45, 7) is 1.99. The van der Waals surface area contributed by atoms with Gasteiger partial charge in [-0.1, -0.05) is 79.7 Å². The number of aliphatic carboxylic acids is 1. The van der Waals surface area contributed by atoms with Gasteiger partial charge in [0.15, 0.2) is 0 Å². The van der Waals surface area contributed by atoms with Crippen LogP contribution in [0.4, 0.5) is 0 Å². The van der Waals surface area contributed by atoms with Crippen LogP contribution >= 0.6 is 24.2 Å². The number of carbonyl (C=O) groups is 2. The maximum absolute atomic E-state index is 12.5. The maximum atomic E-state index is 12.5. The van der Waals surface area contributed by atoms with E-state index in [4.69, 9.17) is 5.73 Å². The predicted octanol–water partition coefficient (Wildman–Crippen LogP) is 3.90.